The Morgan fingerprint density at radius 2 is 2.14 bits per heavy atom. The number of hydrogen-bond donors (Lipinski definition) is 2. The second-order valence-corrected chi connectivity index (χ2v) is 5.19. The molecule has 2 rings (SSSR count). The molecule has 0 spiro atoms. The molecule has 0 amide bonds. The quantitative estimate of drug-likeness (QED) is 0.617. The lowest BCUT2D eigenvalue weighted by Crippen LogP contribution is -2.47. The van der Waals surface area contributed by atoms with Crippen LogP contribution in [-0.2, 0) is 4.79 Å². The Kier molecular flexibility index (Phi) is 10.4. The lowest BCUT2D eigenvalue weighted by molar-refractivity contribution is -0.122. The van der Waals surface area contributed by atoms with Crippen molar-refractivity contribution in [3.63, 3.8) is 0 Å². The van der Waals surface area contributed by atoms with E-state index in [2.05, 4.69) is 13.8 Å². The van der Waals surface area contributed by atoms with Crippen molar-refractivity contribution in [3.05, 3.63) is 35.6 Å². The molecule has 1 aliphatic rings. The highest BCUT2D eigenvalue weighted by atomic mass is 19.1. The first-order valence-corrected chi connectivity index (χ1v) is 7.27. The lowest BCUT2D eigenvalue weighted by atomic mass is 9.89. The summed E-state index contributed by atoms with van der Waals surface area (Å²) in [5.41, 5.74) is 0.963. The maximum Gasteiger partial charge on any atom is 0.290 e. The van der Waals surface area contributed by atoms with Gasteiger partial charge in [-0.3, -0.25) is 10.6 Å². The van der Waals surface area contributed by atoms with Gasteiger partial charge in [0.2, 0.25) is 0 Å². The Morgan fingerprint density at radius 1 is 1.52 bits per heavy atom. The molecule has 3 N–H and O–H groups in total. The van der Waals surface area contributed by atoms with Crippen molar-refractivity contribution >= 4 is 6.47 Å². The monoisotopic (exact) mass is 298 g/mol. The Balaban J connectivity index is 0.000000327. The first kappa shape index (κ1) is 19.5. The van der Waals surface area contributed by atoms with Crippen LogP contribution in [0.15, 0.2) is 24.3 Å². The molecule has 1 aliphatic heterocycles. The molecule has 0 saturated carbocycles. The molecule has 0 aliphatic carbocycles. The van der Waals surface area contributed by atoms with E-state index in [0.29, 0.717) is 6.04 Å². The summed E-state index contributed by atoms with van der Waals surface area (Å²) >= 11 is 0. The van der Waals surface area contributed by atoms with E-state index < -0.39 is 0 Å². The number of carbonyl (C=O) groups is 1. The van der Waals surface area contributed by atoms with Crippen LogP contribution in [0.4, 0.5) is 4.39 Å². The number of rotatable bonds is 1. The van der Waals surface area contributed by atoms with Crippen LogP contribution in [-0.4, -0.2) is 29.2 Å². The maximum atomic E-state index is 12.2. The third-order valence-electron chi connectivity index (χ3n) is 3.70. The van der Waals surface area contributed by atoms with Crippen molar-refractivity contribution in [2.24, 2.45) is 11.8 Å². The van der Waals surface area contributed by atoms with Gasteiger partial charge in [-0.15, -0.1) is 0 Å². The number of hydrazine groups is 1. The van der Waals surface area contributed by atoms with Gasteiger partial charge < -0.3 is 5.11 Å². The number of aryl methyl sites for hydroxylation is 1. The molecule has 1 aromatic rings. The zero-order valence-corrected chi connectivity index (χ0v) is 13.1. The molecule has 2 unspecified atom stereocenters. The van der Waals surface area contributed by atoms with Gasteiger partial charge in [-0.25, -0.2) is 9.40 Å². The second-order valence-electron chi connectivity index (χ2n) is 5.19. The van der Waals surface area contributed by atoms with Crippen LogP contribution in [0, 0.1) is 18.7 Å². The molecule has 0 bridgehead atoms. The number of nitrogens with two attached hydrogens (primary N) is 1. The highest BCUT2D eigenvalue weighted by Crippen LogP contribution is 2.23. The highest BCUT2D eigenvalue weighted by Gasteiger charge is 2.23. The number of halogens is 1. The van der Waals surface area contributed by atoms with Crippen molar-refractivity contribution in [1.29, 1.82) is 0 Å². The molecule has 21 heavy (non-hydrogen) atoms. The smallest absolute Gasteiger partial charge is 0.290 e. The summed E-state index contributed by atoms with van der Waals surface area (Å²) in [5.74, 6) is 6.45. The zero-order chi connectivity index (χ0) is 16.3. The van der Waals surface area contributed by atoms with E-state index in [1.54, 1.807) is 6.07 Å². The number of piperidine rings is 1. The number of hydrogen-bond acceptors (Lipinski definition) is 3. The second kappa shape index (κ2) is 11.2. The summed E-state index contributed by atoms with van der Waals surface area (Å²) in [6, 6.07) is 7.10. The van der Waals surface area contributed by atoms with Crippen LogP contribution in [0.3, 0.4) is 0 Å². The molecule has 1 heterocycles. The molecule has 1 fully saturated rings. The summed E-state index contributed by atoms with van der Waals surface area (Å²) in [6.45, 7) is 7.18. The standard InChI is InChI=1S/C8H18N2.C7H7F.CH2O2/c1-3-8-5-4-6-10(9)7(8)2;1-6-3-2-4-7(8)5-6;2-1-3/h7-8H,3-6,9H2,1-2H3;2-5H,1H3;1H,(H,2,3). The average molecular weight is 298 g/mol. The van der Waals surface area contributed by atoms with Gasteiger partial charge in [0.1, 0.15) is 5.82 Å². The molecule has 2 atom stereocenters. The molecule has 0 aromatic heterocycles. The molecule has 0 radical (unpaired) electrons. The first-order valence-electron chi connectivity index (χ1n) is 7.27. The van der Waals surface area contributed by atoms with Crippen LogP contribution < -0.4 is 5.84 Å². The fraction of sp³-hybridized carbons (Fsp3) is 0.562. The van der Waals surface area contributed by atoms with Crippen LogP contribution in [0.2, 0.25) is 0 Å². The minimum Gasteiger partial charge on any atom is -0.483 e. The van der Waals surface area contributed by atoms with Crippen molar-refractivity contribution in [2.75, 3.05) is 6.54 Å². The summed E-state index contributed by atoms with van der Waals surface area (Å²) < 4.78 is 12.2. The summed E-state index contributed by atoms with van der Waals surface area (Å²) in [7, 11) is 0. The molecular weight excluding hydrogens is 271 g/mol. The summed E-state index contributed by atoms with van der Waals surface area (Å²) in [5, 5.41) is 8.87. The third-order valence-corrected chi connectivity index (χ3v) is 3.70. The van der Waals surface area contributed by atoms with Crippen molar-refractivity contribution in [2.45, 2.75) is 46.1 Å². The van der Waals surface area contributed by atoms with E-state index in [4.69, 9.17) is 15.7 Å². The predicted molar refractivity (Wildman–Crippen MR) is 83.2 cm³/mol. The van der Waals surface area contributed by atoms with Crippen molar-refractivity contribution in [1.82, 2.24) is 5.01 Å². The van der Waals surface area contributed by atoms with E-state index >= 15 is 0 Å². The van der Waals surface area contributed by atoms with Gasteiger partial charge >= 0.3 is 0 Å². The Hall–Kier alpha value is -1.46. The maximum absolute atomic E-state index is 12.2. The summed E-state index contributed by atoms with van der Waals surface area (Å²) in [6.07, 6.45) is 3.92. The van der Waals surface area contributed by atoms with E-state index in [1.165, 1.54) is 31.4 Å². The average Bonchev–Trinajstić information content (AvgIpc) is 2.43. The predicted octanol–water partition coefficient (Wildman–Crippen LogP) is 3.21. The Morgan fingerprint density at radius 3 is 2.52 bits per heavy atom. The molecule has 5 heteroatoms. The van der Waals surface area contributed by atoms with Gasteiger partial charge in [-0.05, 0) is 50.3 Å². The van der Waals surface area contributed by atoms with E-state index in [1.807, 2.05) is 18.0 Å². The number of nitrogens with zero attached hydrogens (tertiary/aromatic N) is 1. The molecule has 120 valence electrons. The van der Waals surface area contributed by atoms with Gasteiger partial charge in [-0.1, -0.05) is 25.5 Å². The minimum absolute atomic E-state index is 0.162. The normalized spacial score (nSPS) is 21.4. The van der Waals surface area contributed by atoms with Crippen molar-refractivity contribution < 1.29 is 14.3 Å². The van der Waals surface area contributed by atoms with E-state index in [0.717, 1.165) is 18.0 Å². The van der Waals surface area contributed by atoms with Crippen LogP contribution >= 0.6 is 0 Å². The number of carboxylic acid groups (broad SMARTS) is 1. The highest BCUT2D eigenvalue weighted by molar-refractivity contribution is 5.32. The lowest BCUT2D eigenvalue weighted by Gasteiger charge is -2.35. The Bertz CT molecular complexity index is 384. The van der Waals surface area contributed by atoms with Crippen LogP contribution in [0.5, 0.6) is 0 Å². The van der Waals surface area contributed by atoms with E-state index in [-0.39, 0.29) is 12.3 Å². The summed E-state index contributed by atoms with van der Waals surface area (Å²) in [4.78, 5) is 8.36. The fourth-order valence-electron chi connectivity index (χ4n) is 2.40. The van der Waals surface area contributed by atoms with Gasteiger partial charge in [0.25, 0.3) is 6.47 Å². The van der Waals surface area contributed by atoms with Gasteiger partial charge in [0, 0.05) is 12.6 Å². The van der Waals surface area contributed by atoms with E-state index in [9.17, 15) is 4.39 Å². The Labute approximate surface area is 126 Å². The van der Waals surface area contributed by atoms with Gasteiger partial charge in [0.05, 0.1) is 0 Å². The molecule has 4 nitrogen and oxygen atoms in total. The largest absolute Gasteiger partial charge is 0.483 e. The van der Waals surface area contributed by atoms with Crippen LogP contribution in [0.25, 0.3) is 0 Å². The van der Waals surface area contributed by atoms with Gasteiger partial charge in [0.15, 0.2) is 0 Å². The zero-order valence-electron chi connectivity index (χ0n) is 13.1. The van der Waals surface area contributed by atoms with Crippen molar-refractivity contribution in [3.8, 4) is 0 Å². The molecule has 1 saturated heterocycles. The van der Waals surface area contributed by atoms with Crippen LogP contribution in [0.1, 0.15) is 38.7 Å². The minimum atomic E-state index is -0.250. The topological polar surface area (TPSA) is 66.6 Å². The molecule has 1 aromatic carbocycles. The fourth-order valence-corrected chi connectivity index (χ4v) is 2.40. The number of benzene rings is 1. The molecular formula is C16H27FN2O2. The van der Waals surface area contributed by atoms with Gasteiger partial charge in [-0.2, -0.15) is 0 Å². The third kappa shape index (κ3) is 8.42. The first-order chi connectivity index (χ1) is 9.96. The SMILES string of the molecule is CCC1CCCN(N)C1C.Cc1cccc(F)c1.O=CO.